The average molecular weight is 295 g/mol. The average Bonchev–Trinajstić information content (AvgIpc) is 2.94. The predicted octanol–water partition coefficient (Wildman–Crippen LogP) is 2.89. The number of ether oxygens (including phenoxy) is 2. The second-order valence-electron chi connectivity index (χ2n) is 5.70. The summed E-state index contributed by atoms with van der Waals surface area (Å²) in [7, 11) is 3.26. The first-order chi connectivity index (χ1) is 10.7. The van der Waals surface area contributed by atoms with Crippen LogP contribution in [0, 0.1) is 0 Å². The van der Waals surface area contributed by atoms with E-state index in [1.165, 1.54) is 5.56 Å². The van der Waals surface area contributed by atoms with E-state index < -0.39 is 0 Å². The molecule has 0 aromatic heterocycles. The van der Waals surface area contributed by atoms with Gasteiger partial charge in [-0.05, 0) is 41.3 Å². The molecule has 4 heteroatoms. The maximum atomic E-state index is 12.6. The second kappa shape index (κ2) is 4.77. The van der Waals surface area contributed by atoms with Crippen LogP contribution in [0.5, 0.6) is 11.5 Å². The van der Waals surface area contributed by atoms with E-state index in [0.29, 0.717) is 17.9 Å². The molecule has 22 heavy (non-hydrogen) atoms. The van der Waals surface area contributed by atoms with Crippen molar-refractivity contribution in [2.45, 2.75) is 18.9 Å². The standard InChI is InChI=1S/C18H17NO3/c1-21-16-8-12-9-18(20)19-14-6-4-3-5-11(14)7-15(19)13(12)10-17(16)22-2/h3-6,8,10,15H,7,9H2,1-2H3. The molecule has 0 bridgehead atoms. The minimum atomic E-state index is 0.0634. The summed E-state index contributed by atoms with van der Waals surface area (Å²) >= 11 is 0. The van der Waals surface area contributed by atoms with Crippen molar-refractivity contribution in [3.8, 4) is 11.5 Å². The van der Waals surface area contributed by atoms with Crippen LogP contribution in [0.3, 0.4) is 0 Å². The van der Waals surface area contributed by atoms with Gasteiger partial charge in [-0.15, -0.1) is 0 Å². The molecule has 0 saturated carbocycles. The van der Waals surface area contributed by atoms with E-state index in [1.54, 1.807) is 14.2 Å². The lowest BCUT2D eigenvalue weighted by molar-refractivity contribution is -0.118. The Morgan fingerprint density at radius 2 is 1.77 bits per heavy atom. The highest BCUT2D eigenvalue weighted by Crippen LogP contribution is 2.46. The summed E-state index contributed by atoms with van der Waals surface area (Å²) in [6.07, 6.45) is 1.25. The first-order valence-electron chi connectivity index (χ1n) is 7.37. The number of anilines is 1. The Bertz CT molecular complexity index is 769. The molecule has 0 spiro atoms. The summed E-state index contributed by atoms with van der Waals surface area (Å²) in [6.45, 7) is 0. The molecule has 2 aromatic carbocycles. The van der Waals surface area contributed by atoms with Gasteiger partial charge in [0.25, 0.3) is 0 Å². The van der Waals surface area contributed by atoms with E-state index in [-0.39, 0.29) is 11.9 Å². The predicted molar refractivity (Wildman–Crippen MR) is 83.6 cm³/mol. The quantitative estimate of drug-likeness (QED) is 0.855. The Morgan fingerprint density at radius 3 is 2.55 bits per heavy atom. The zero-order valence-corrected chi connectivity index (χ0v) is 12.6. The number of rotatable bonds is 2. The normalized spacial score (nSPS) is 18.5. The summed E-state index contributed by atoms with van der Waals surface area (Å²) < 4.78 is 10.8. The highest BCUT2D eigenvalue weighted by atomic mass is 16.5. The van der Waals surface area contributed by atoms with Crippen LogP contribution in [0.15, 0.2) is 36.4 Å². The van der Waals surface area contributed by atoms with Crippen molar-refractivity contribution in [3.05, 3.63) is 53.1 Å². The van der Waals surface area contributed by atoms with Crippen molar-refractivity contribution in [1.82, 2.24) is 0 Å². The number of hydrogen-bond acceptors (Lipinski definition) is 3. The molecule has 1 unspecified atom stereocenters. The van der Waals surface area contributed by atoms with Crippen LogP contribution in [-0.4, -0.2) is 20.1 Å². The van der Waals surface area contributed by atoms with Crippen molar-refractivity contribution in [3.63, 3.8) is 0 Å². The maximum Gasteiger partial charge on any atom is 0.232 e. The Hall–Kier alpha value is -2.49. The molecule has 112 valence electrons. The van der Waals surface area contributed by atoms with Gasteiger partial charge in [0.15, 0.2) is 11.5 Å². The molecule has 4 rings (SSSR count). The molecule has 1 atom stereocenters. The molecule has 0 radical (unpaired) electrons. The summed E-state index contributed by atoms with van der Waals surface area (Å²) in [5, 5.41) is 0. The van der Waals surface area contributed by atoms with Gasteiger partial charge in [0.05, 0.1) is 26.7 Å². The smallest absolute Gasteiger partial charge is 0.232 e. The fourth-order valence-corrected chi connectivity index (χ4v) is 3.59. The summed E-state index contributed by atoms with van der Waals surface area (Å²) in [5.74, 6) is 1.54. The zero-order chi connectivity index (χ0) is 15.3. The van der Waals surface area contributed by atoms with Crippen molar-refractivity contribution in [2.24, 2.45) is 0 Å². The monoisotopic (exact) mass is 295 g/mol. The van der Waals surface area contributed by atoms with E-state index in [9.17, 15) is 4.79 Å². The molecule has 0 saturated heterocycles. The van der Waals surface area contributed by atoms with Crippen molar-refractivity contribution >= 4 is 11.6 Å². The highest BCUT2D eigenvalue weighted by molar-refractivity contribution is 5.99. The topological polar surface area (TPSA) is 38.8 Å². The van der Waals surface area contributed by atoms with E-state index in [0.717, 1.165) is 23.2 Å². The number of nitrogens with zero attached hydrogens (tertiary/aromatic N) is 1. The van der Waals surface area contributed by atoms with Crippen LogP contribution in [0.2, 0.25) is 0 Å². The lowest BCUT2D eigenvalue weighted by atomic mass is 9.91. The zero-order valence-electron chi connectivity index (χ0n) is 12.6. The van der Waals surface area contributed by atoms with Gasteiger partial charge in [0.1, 0.15) is 0 Å². The Labute approximate surface area is 129 Å². The minimum absolute atomic E-state index is 0.0634. The third-order valence-electron chi connectivity index (χ3n) is 4.59. The van der Waals surface area contributed by atoms with E-state index in [2.05, 4.69) is 6.07 Å². The number of carbonyl (C=O) groups is 1. The number of benzene rings is 2. The number of fused-ring (bicyclic) bond motifs is 5. The van der Waals surface area contributed by atoms with Crippen molar-refractivity contribution in [2.75, 3.05) is 19.1 Å². The van der Waals surface area contributed by atoms with Gasteiger partial charge in [-0.2, -0.15) is 0 Å². The lowest BCUT2D eigenvalue weighted by Gasteiger charge is -2.32. The van der Waals surface area contributed by atoms with Gasteiger partial charge in [-0.3, -0.25) is 4.79 Å². The Balaban J connectivity index is 1.87. The van der Waals surface area contributed by atoms with Crippen LogP contribution >= 0.6 is 0 Å². The maximum absolute atomic E-state index is 12.6. The molecular weight excluding hydrogens is 278 g/mol. The van der Waals surface area contributed by atoms with Gasteiger partial charge >= 0.3 is 0 Å². The second-order valence-corrected chi connectivity index (χ2v) is 5.70. The molecule has 2 aliphatic heterocycles. The fraction of sp³-hybridized carbons (Fsp3) is 0.278. The Kier molecular flexibility index (Phi) is 2.86. The van der Waals surface area contributed by atoms with E-state index in [1.807, 2.05) is 35.2 Å². The van der Waals surface area contributed by atoms with Crippen LogP contribution in [0.1, 0.15) is 22.7 Å². The van der Waals surface area contributed by atoms with Gasteiger partial charge < -0.3 is 14.4 Å². The summed E-state index contributed by atoms with van der Waals surface area (Å²) in [6, 6.07) is 12.2. The molecule has 0 N–H and O–H groups in total. The van der Waals surface area contributed by atoms with Gasteiger partial charge in [-0.25, -0.2) is 0 Å². The van der Waals surface area contributed by atoms with Crippen LogP contribution in [-0.2, 0) is 17.6 Å². The fourth-order valence-electron chi connectivity index (χ4n) is 3.59. The molecular formula is C18H17NO3. The van der Waals surface area contributed by atoms with Gasteiger partial charge in [0.2, 0.25) is 5.91 Å². The number of para-hydroxylation sites is 1. The third kappa shape index (κ3) is 1.73. The molecule has 2 heterocycles. The third-order valence-corrected chi connectivity index (χ3v) is 4.59. The molecule has 4 nitrogen and oxygen atoms in total. The molecule has 0 fully saturated rings. The number of amides is 1. The summed E-state index contributed by atoms with van der Waals surface area (Å²) in [5.41, 5.74) is 4.46. The number of hydrogen-bond donors (Lipinski definition) is 0. The van der Waals surface area contributed by atoms with Crippen LogP contribution in [0.4, 0.5) is 5.69 Å². The molecule has 2 aliphatic rings. The number of methoxy groups -OCH3 is 2. The van der Waals surface area contributed by atoms with Crippen LogP contribution < -0.4 is 14.4 Å². The molecule has 2 aromatic rings. The summed E-state index contributed by atoms with van der Waals surface area (Å²) in [4.78, 5) is 14.5. The lowest BCUT2D eigenvalue weighted by Crippen LogP contribution is -2.38. The first-order valence-corrected chi connectivity index (χ1v) is 7.37. The number of carbonyl (C=O) groups excluding carboxylic acids is 1. The minimum Gasteiger partial charge on any atom is -0.493 e. The van der Waals surface area contributed by atoms with E-state index >= 15 is 0 Å². The SMILES string of the molecule is COc1cc2c(cc1OC)C1Cc3ccccc3N1C(=O)C2. The van der Waals surface area contributed by atoms with E-state index in [4.69, 9.17) is 9.47 Å². The van der Waals surface area contributed by atoms with Gasteiger partial charge in [-0.1, -0.05) is 18.2 Å². The highest BCUT2D eigenvalue weighted by Gasteiger charge is 2.39. The van der Waals surface area contributed by atoms with Crippen molar-refractivity contribution < 1.29 is 14.3 Å². The largest absolute Gasteiger partial charge is 0.493 e. The van der Waals surface area contributed by atoms with Crippen LogP contribution in [0.25, 0.3) is 0 Å². The van der Waals surface area contributed by atoms with Crippen molar-refractivity contribution in [1.29, 1.82) is 0 Å². The molecule has 0 aliphatic carbocycles. The van der Waals surface area contributed by atoms with Gasteiger partial charge in [0, 0.05) is 5.69 Å². The first kappa shape index (κ1) is 13.2. The molecule has 1 amide bonds. The Morgan fingerprint density at radius 1 is 1.05 bits per heavy atom.